The largest absolute Gasteiger partial charge is 0.514 e. The highest BCUT2D eigenvalue weighted by atomic mass is 16.7. The van der Waals surface area contributed by atoms with Crippen LogP contribution in [0.2, 0.25) is 0 Å². The predicted octanol–water partition coefficient (Wildman–Crippen LogP) is 5.09. The smallest absolute Gasteiger partial charge is 0.458 e. The number of hydrogen-bond donors (Lipinski definition) is 1. The molecule has 0 aliphatic rings. The summed E-state index contributed by atoms with van der Waals surface area (Å²) < 4.78 is 31.6. The van der Waals surface area contributed by atoms with E-state index >= 15 is 0 Å². The van der Waals surface area contributed by atoms with Crippen molar-refractivity contribution in [3.63, 3.8) is 0 Å². The van der Waals surface area contributed by atoms with E-state index in [2.05, 4.69) is 0 Å². The molecule has 11 heteroatoms. The van der Waals surface area contributed by atoms with Gasteiger partial charge in [0.1, 0.15) is 30.5 Å². The molecule has 1 aromatic rings. The van der Waals surface area contributed by atoms with Crippen LogP contribution in [0.15, 0.2) is 18.2 Å². The third kappa shape index (κ3) is 11.9. The van der Waals surface area contributed by atoms with Crippen LogP contribution in [0.4, 0.5) is 9.59 Å². The molecule has 1 aromatic carbocycles. The van der Waals surface area contributed by atoms with Crippen molar-refractivity contribution in [2.24, 2.45) is 11.1 Å². The van der Waals surface area contributed by atoms with E-state index in [0.717, 1.165) is 0 Å². The average molecular weight is 554 g/mol. The molecule has 11 nitrogen and oxygen atoms in total. The zero-order chi connectivity index (χ0) is 29.9. The van der Waals surface area contributed by atoms with Crippen LogP contribution in [0.3, 0.4) is 0 Å². The van der Waals surface area contributed by atoms with Crippen LogP contribution in [0, 0.1) is 5.41 Å². The number of benzene rings is 1. The number of ether oxygens (including phenoxy) is 6. The Morgan fingerprint density at radius 1 is 0.769 bits per heavy atom. The van der Waals surface area contributed by atoms with Gasteiger partial charge in [0.2, 0.25) is 0 Å². The third-order valence-corrected chi connectivity index (χ3v) is 5.77. The summed E-state index contributed by atoms with van der Waals surface area (Å²) in [6.07, 6.45) is -2.97. The summed E-state index contributed by atoms with van der Waals surface area (Å²) >= 11 is 0. The highest BCUT2D eigenvalue weighted by Crippen LogP contribution is 2.30. The number of esters is 2. The first-order valence-electron chi connectivity index (χ1n) is 13.1. The van der Waals surface area contributed by atoms with E-state index in [-0.39, 0.29) is 24.0 Å². The number of nitrogens with two attached hydrogens (primary N) is 1. The summed E-state index contributed by atoms with van der Waals surface area (Å²) in [7, 11) is 0. The average Bonchev–Trinajstić information content (AvgIpc) is 2.84. The molecule has 2 unspecified atom stereocenters. The Morgan fingerprint density at radius 3 is 1.74 bits per heavy atom. The van der Waals surface area contributed by atoms with Crippen LogP contribution < -0.4 is 15.2 Å². The maximum atomic E-state index is 12.6. The lowest BCUT2D eigenvalue weighted by atomic mass is 9.97. The standard InChI is InChI=1S/C28H43NO10/c1-10-16(3)34-26(32)38-22-13-12-20(15-23(22)39-27(33)35-17(4)11-2)14-21(29)24(30)36-18(5)19(6)37-25(31)28(7,8)9/h12-13,15-19,21H,10-11,14,29H2,1-9H3/t16?,17?,18-,19-,21-/m0/s1. The number of carbonyl (C=O) groups excluding carboxylic acids is 4. The second-order valence-electron chi connectivity index (χ2n) is 10.5. The van der Waals surface area contributed by atoms with Crippen molar-refractivity contribution in [1.29, 1.82) is 0 Å². The molecule has 0 spiro atoms. The third-order valence-electron chi connectivity index (χ3n) is 5.77. The Kier molecular flexibility index (Phi) is 13.2. The SMILES string of the molecule is CCC(C)OC(=O)Oc1ccc(C[C@H](N)C(=O)O[C@@H](C)[C@H](C)OC(=O)C(C)(C)C)cc1OC(=O)OC(C)CC. The molecule has 220 valence electrons. The predicted molar refractivity (Wildman–Crippen MR) is 142 cm³/mol. The lowest BCUT2D eigenvalue weighted by molar-refractivity contribution is -0.171. The molecule has 0 aromatic heterocycles. The second kappa shape index (κ2) is 15.3. The first kappa shape index (κ1) is 33.7. The first-order valence-corrected chi connectivity index (χ1v) is 13.1. The molecule has 0 heterocycles. The van der Waals surface area contributed by atoms with Crippen molar-refractivity contribution in [1.82, 2.24) is 0 Å². The highest BCUT2D eigenvalue weighted by molar-refractivity contribution is 5.77. The van der Waals surface area contributed by atoms with Crippen LogP contribution in [-0.4, -0.2) is 54.7 Å². The van der Waals surface area contributed by atoms with Crippen LogP contribution >= 0.6 is 0 Å². The molecule has 0 bridgehead atoms. The maximum Gasteiger partial charge on any atom is 0.514 e. The van der Waals surface area contributed by atoms with Crippen molar-refractivity contribution < 1.29 is 47.6 Å². The Bertz CT molecular complexity index is 987. The quantitative estimate of drug-likeness (QED) is 0.209. The van der Waals surface area contributed by atoms with Crippen LogP contribution in [0.25, 0.3) is 0 Å². The molecule has 0 saturated carbocycles. The van der Waals surface area contributed by atoms with Crippen LogP contribution in [0.5, 0.6) is 11.5 Å². The number of rotatable bonds is 12. The van der Waals surface area contributed by atoms with E-state index in [4.69, 9.17) is 34.2 Å². The molecule has 39 heavy (non-hydrogen) atoms. The normalized spacial score (nSPS) is 15.1. The van der Waals surface area contributed by atoms with Crippen molar-refractivity contribution in [3.05, 3.63) is 23.8 Å². The Morgan fingerprint density at radius 2 is 1.26 bits per heavy atom. The molecular weight excluding hydrogens is 510 g/mol. The Balaban J connectivity index is 2.98. The van der Waals surface area contributed by atoms with Gasteiger partial charge in [-0.05, 0) is 85.4 Å². The molecule has 1 rings (SSSR count). The van der Waals surface area contributed by atoms with Gasteiger partial charge in [-0.15, -0.1) is 0 Å². The topological polar surface area (TPSA) is 150 Å². The summed E-state index contributed by atoms with van der Waals surface area (Å²) in [4.78, 5) is 49.1. The Labute approximate surface area is 230 Å². The van der Waals surface area contributed by atoms with E-state index in [1.807, 2.05) is 13.8 Å². The molecule has 0 aliphatic carbocycles. The maximum absolute atomic E-state index is 12.6. The van der Waals surface area contributed by atoms with Crippen molar-refractivity contribution >= 4 is 24.2 Å². The zero-order valence-corrected chi connectivity index (χ0v) is 24.4. The summed E-state index contributed by atoms with van der Waals surface area (Å²) in [5, 5.41) is 0. The van der Waals surface area contributed by atoms with Gasteiger partial charge in [0.25, 0.3) is 0 Å². The molecule has 0 fully saturated rings. The zero-order valence-electron chi connectivity index (χ0n) is 24.4. The fourth-order valence-electron chi connectivity index (χ4n) is 2.71. The molecular formula is C28H43NO10. The van der Waals surface area contributed by atoms with Gasteiger partial charge < -0.3 is 34.2 Å². The minimum atomic E-state index is -1.08. The molecule has 0 aliphatic heterocycles. The lowest BCUT2D eigenvalue weighted by Gasteiger charge is -2.25. The van der Waals surface area contributed by atoms with Gasteiger partial charge in [0.15, 0.2) is 11.5 Å². The molecule has 0 radical (unpaired) electrons. The van der Waals surface area contributed by atoms with E-state index in [1.165, 1.54) is 12.1 Å². The van der Waals surface area contributed by atoms with Gasteiger partial charge in [0, 0.05) is 0 Å². The van der Waals surface area contributed by atoms with Gasteiger partial charge in [-0.2, -0.15) is 0 Å². The fourth-order valence-corrected chi connectivity index (χ4v) is 2.71. The first-order chi connectivity index (χ1) is 18.1. The monoisotopic (exact) mass is 553 g/mol. The summed E-state index contributed by atoms with van der Waals surface area (Å²) in [5.41, 5.74) is 5.87. The fraction of sp³-hybridized carbons (Fsp3) is 0.643. The van der Waals surface area contributed by atoms with Gasteiger partial charge in [-0.25, -0.2) is 9.59 Å². The van der Waals surface area contributed by atoms with E-state index in [0.29, 0.717) is 18.4 Å². The van der Waals surface area contributed by atoms with Gasteiger partial charge >= 0.3 is 24.2 Å². The highest BCUT2D eigenvalue weighted by Gasteiger charge is 2.29. The summed E-state index contributed by atoms with van der Waals surface area (Å²) in [5.74, 6) is -1.32. The minimum absolute atomic E-state index is 0.01000. The van der Waals surface area contributed by atoms with E-state index in [9.17, 15) is 19.2 Å². The van der Waals surface area contributed by atoms with Gasteiger partial charge in [0.05, 0.1) is 5.41 Å². The van der Waals surface area contributed by atoms with Crippen LogP contribution in [0.1, 0.15) is 80.7 Å². The molecule has 0 saturated heterocycles. The van der Waals surface area contributed by atoms with E-state index < -0.39 is 54.0 Å². The van der Waals surface area contributed by atoms with Gasteiger partial charge in [-0.1, -0.05) is 19.9 Å². The second-order valence-corrected chi connectivity index (χ2v) is 10.5. The molecule has 2 N–H and O–H groups in total. The number of hydrogen-bond acceptors (Lipinski definition) is 11. The van der Waals surface area contributed by atoms with Crippen LogP contribution in [-0.2, 0) is 35.0 Å². The van der Waals surface area contributed by atoms with E-state index in [1.54, 1.807) is 54.5 Å². The minimum Gasteiger partial charge on any atom is -0.458 e. The number of carbonyl (C=O) groups is 4. The Hall–Kier alpha value is -3.34. The summed E-state index contributed by atoms with van der Waals surface area (Å²) in [6.45, 7) is 15.5. The van der Waals surface area contributed by atoms with Crippen molar-refractivity contribution in [3.8, 4) is 11.5 Å². The lowest BCUT2D eigenvalue weighted by Crippen LogP contribution is -2.40. The summed E-state index contributed by atoms with van der Waals surface area (Å²) in [6, 6.07) is 3.28. The molecule has 5 atom stereocenters. The van der Waals surface area contributed by atoms with Crippen molar-refractivity contribution in [2.45, 2.75) is 112 Å². The molecule has 0 amide bonds. The van der Waals surface area contributed by atoms with Gasteiger partial charge in [-0.3, -0.25) is 9.59 Å². The van der Waals surface area contributed by atoms with Crippen molar-refractivity contribution in [2.75, 3.05) is 0 Å².